The SMILES string of the molecule is C=CCCCOc1cc(F)cc(C)c1-c1cc([C@@H](N)CC(=O)OCC)c(F)c(C(F)(F)F)c1. The fraction of sp³-hybridized carbons (Fsp3) is 0.375. The Morgan fingerprint density at radius 1 is 1.21 bits per heavy atom. The molecular formula is C24H26F5NO3. The Balaban J connectivity index is 2.64. The zero-order valence-corrected chi connectivity index (χ0v) is 18.4. The summed E-state index contributed by atoms with van der Waals surface area (Å²) in [7, 11) is 0. The van der Waals surface area contributed by atoms with Gasteiger partial charge >= 0.3 is 12.1 Å². The third kappa shape index (κ3) is 6.77. The number of aryl methyl sites for hydroxylation is 1. The molecule has 180 valence electrons. The van der Waals surface area contributed by atoms with Gasteiger partial charge in [0.05, 0.1) is 25.2 Å². The van der Waals surface area contributed by atoms with E-state index >= 15 is 0 Å². The number of benzene rings is 2. The van der Waals surface area contributed by atoms with Crippen molar-refractivity contribution in [2.24, 2.45) is 5.73 Å². The van der Waals surface area contributed by atoms with Gasteiger partial charge in [-0.15, -0.1) is 6.58 Å². The van der Waals surface area contributed by atoms with Crippen LogP contribution in [-0.2, 0) is 15.7 Å². The highest BCUT2D eigenvalue weighted by Crippen LogP contribution is 2.41. The van der Waals surface area contributed by atoms with Crippen LogP contribution in [0.4, 0.5) is 22.0 Å². The zero-order chi connectivity index (χ0) is 24.8. The first-order valence-electron chi connectivity index (χ1n) is 10.4. The van der Waals surface area contributed by atoms with Gasteiger partial charge in [0, 0.05) is 23.2 Å². The molecule has 0 aliphatic carbocycles. The molecule has 9 heteroatoms. The normalized spacial score (nSPS) is 12.4. The number of allylic oxidation sites excluding steroid dienone is 1. The second-order valence-electron chi connectivity index (χ2n) is 7.42. The molecule has 0 aromatic heterocycles. The molecule has 0 fully saturated rings. The topological polar surface area (TPSA) is 61.5 Å². The van der Waals surface area contributed by atoms with Gasteiger partial charge in [0.25, 0.3) is 0 Å². The molecule has 0 aliphatic rings. The first kappa shape index (κ1) is 26.3. The molecule has 0 saturated carbocycles. The highest BCUT2D eigenvalue weighted by molar-refractivity contribution is 5.76. The van der Waals surface area contributed by atoms with Crippen LogP contribution in [0.15, 0.2) is 36.9 Å². The second-order valence-corrected chi connectivity index (χ2v) is 7.42. The Kier molecular flexibility index (Phi) is 8.99. The summed E-state index contributed by atoms with van der Waals surface area (Å²) in [5.74, 6) is -2.96. The van der Waals surface area contributed by atoms with Crippen LogP contribution in [0, 0.1) is 18.6 Å². The van der Waals surface area contributed by atoms with Crippen LogP contribution in [0.1, 0.15) is 48.9 Å². The number of carbonyl (C=O) groups is 1. The zero-order valence-electron chi connectivity index (χ0n) is 18.4. The maximum Gasteiger partial charge on any atom is 0.419 e. The van der Waals surface area contributed by atoms with E-state index in [-0.39, 0.29) is 30.1 Å². The highest BCUT2D eigenvalue weighted by Gasteiger charge is 2.37. The molecular weight excluding hydrogens is 445 g/mol. The Labute approximate surface area is 189 Å². The number of hydrogen-bond acceptors (Lipinski definition) is 4. The van der Waals surface area contributed by atoms with Crippen molar-refractivity contribution in [3.05, 3.63) is 65.2 Å². The smallest absolute Gasteiger partial charge is 0.419 e. The molecule has 0 saturated heterocycles. The van der Waals surface area contributed by atoms with Crippen molar-refractivity contribution in [2.75, 3.05) is 13.2 Å². The van der Waals surface area contributed by atoms with Crippen LogP contribution in [-0.4, -0.2) is 19.2 Å². The van der Waals surface area contributed by atoms with Gasteiger partial charge in [-0.05, 0) is 56.0 Å². The lowest BCUT2D eigenvalue weighted by atomic mass is 9.92. The fourth-order valence-corrected chi connectivity index (χ4v) is 3.38. The number of rotatable bonds is 10. The summed E-state index contributed by atoms with van der Waals surface area (Å²) < 4.78 is 80.3. The van der Waals surface area contributed by atoms with Crippen molar-refractivity contribution in [2.45, 2.75) is 45.3 Å². The van der Waals surface area contributed by atoms with Gasteiger partial charge < -0.3 is 15.2 Å². The van der Waals surface area contributed by atoms with Crippen LogP contribution < -0.4 is 10.5 Å². The van der Waals surface area contributed by atoms with Crippen LogP contribution in [0.25, 0.3) is 11.1 Å². The van der Waals surface area contributed by atoms with Gasteiger partial charge in [0.15, 0.2) is 0 Å². The molecule has 2 rings (SSSR count). The van der Waals surface area contributed by atoms with Crippen molar-refractivity contribution in [3.8, 4) is 16.9 Å². The van der Waals surface area contributed by atoms with Crippen LogP contribution in [0.3, 0.4) is 0 Å². The van der Waals surface area contributed by atoms with Crippen molar-refractivity contribution in [1.29, 1.82) is 0 Å². The summed E-state index contributed by atoms with van der Waals surface area (Å²) in [4.78, 5) is 11.8. The maximum atomic E-state index is 14.9. The molecule has 2 N–H and O–H groups in total. The summed E-state index contributed by atoms with van der Waals surface area (Å²) >= 11 is 0. The van der Waals surface area contributed by atoms with Crippen LogP contribution in [0.5, 0.6) is 5.75 Å². The Hall–Kier alpha value is -2.94. The molecule has 1 atom stereocenters. The van der Waals surface area contributed by atoms with Gasteiger partial charge in [-0.3, -0.25) is 4.79 Å². The van der Waals surface area contributed by atoms with Crippen molar-refractivity contribution < 1.29 is 36.2 Å². The van der Waals surface area contributed by atoms with Crippen molar-refractivity contribution in [1.82, 2.24) is 0 Å². The number of esters is 1. The van der Waals surface area contributed by atoms with Gasteiger partial charge in [0.2, 0.25) is 0 Å². The van der Waals surface area contributed by atoms with E-state index in [9.17, 15) is 26.7 Å². The standard InChI is InChI=1S/C24H26F5NO3/c1-4-6-7-8-33-20-12-16(25)9-14(3)22(20)15-10-17(19(30)13-21(31)32-5-2)23(26)18(11-15)24(27,28)29/h4,9-12,19H,1,5-8,13,30H2,2-3H3/t19-/m0/s1. The summed E-state index contributed by atoms with van der Waals surface area (Å²) in [5.41, 5.74) is 4.24. The quantitative estimate of drug-likeness (QED) is 0.192. The molecule has 0 heterocycles. The molecule has 0 radical (unpaired) electrons. The monoisotopic (exact) mass is 471 g/mol. The molecule has 33 heavy (non-hydrogen) atoms. The first-order valence-corrected chi connectivity index (χ1v) is 10.4. The molecule has 0 amide bonds. The number of hydrogen-bond donors (Lipinski definition) is 1. The molecule has 0 unspecified atom stereocenters. The fourth-order valence-electron chi connectivity index (χ4n) is 3.38. The van der Waals surface area contributed by atoms with E-state index in [0.717, 1.165) is 18.2 Å². The summed E-state index contributed by atoms with van der Waals surface area (Å²) in [5, 5.41) is 0. The maximum absolute atomic E-state index is 14.9. The van der Waals surface area contributed by atoms with E-state index in [2.05, 4.69) is 6.58 Å². The van der Waals surface area contributed by atoms with E-state index in [0.29, 0.717) is 24.5 Å². The minimum Gasteiger partial charge on any atom is -0.493 e. The number of unbranched alkanes of at least 4 members (excludes halogenated alkanes) is 1. The lowest BCUT2D eigenvalue weighted by Crippen LogP contribution is -2.20. The van der Waals surface area contributed by atoms with Gasteiger partial charge in [0.1, 0.15) is 17.4 Å². The molecule has 0 aliphatic heterocycles. The van der Waals surface area contributed by atoms with E-state index in [1.165, 1.54) is 6.92 Å². The summed E-state index contributed by atoms with van der Waals surface area (Å²) in [6.07, 6.45) is -2.68. The third-order valence-electron chi connectivity index (χ3n) is 4.86. The predicted octanol–water partition coefficient (Wildman–Crippen LogP) is 6.26. The lowest BCUT2D eigenvalue weighted by Gasteiger charge is -2.20. The lowest BCUT2D eigenvalue weighted by molar-refractivity contribution is -0.143. The number of nitrogens with two attached hydrogens (primary N) is 1. The first-order chi connectivity index (χ1) is 15.5. The second kappa shape index (κ2) is 11.3. The third-order valence-corrected chi connectivity index (χ3v) is 4.86. The molecule has 2 aromatic carbocycles. The minimum atomic E-state index is -5.03. The minimum absolute atomic E-state index is 0.0150. The summed E-state index contributed by atoms with van der Waals surface area (Å²) in [6, 6.07) is 2.58. The van der Waals surface area contributed by atoms with E-state index in [4.69, 9.17) is 15.2 Å². The van der Waals surface area contributed by atoms with Gasteiger partial charge in [-0.2, -0.15) is 13.2 Å². The largest absolute Gasteiger partial charge is 0.493 e. The highest BCUT2D eigenvalue weighted by atomic mass is 19.4. The van der Waals surface area contributed by atoms with Crippen LogP contribution in [0.2, 0.25) is 0 Å². The van der Waals surface area contributed by atoms with Crippen LogP contribution >= 0.6 is 0 Å². The Morgan fingerprint density at radius 3 is 2.52 bits per heavy atom. The van der Waals surface area contributed by atoms with Gasteiger partial charge in [-0.25, -0.2) is 8.78 Å². The van der Waals surface area contributed by atoms with E-state index in [1.54, 1.807) is 13.0 Å². The van der Waals surface area contributed by atoms with Crippen molar-refractivity contribution >= 4 is 5.97 Å². The van der Waals surface area contributed by atoms with Crippen molar-refractivity contribution in [3.63, 3.8) is 0 Å². The van der Waals surface area contributed by atoms with Gasteiger partial charge in [-0.1, -0.05) is 6.08 Å². The van der Waals surface area contributed by atoms with E-state index < -0.39 is 47.4 Å². The molecule has 4 nitrogen and oxygen atoms in total. The summed E-state index contributed by atoms with van der Waals surface area (Å²) in [6.45, 7) is 6.87. The number of halogens is 5. The number of alkyl halides is 3. The Morgan fingerprint density at radius 2 is 1.91 bits per heavy atom. The van der Waals surface area contributed by atoms with E-state index in [1.807, 2.05) is 0 Å². The average molecular weight is 471 g/mol. The predicted molar refractivity (Wildman–Crippen MR) is 115 cm³/mol. The Bertz CT molecular complexity index is 1000. The molecule has 0 bridgehead atoms. The number of ether oxygens (including phenoxy) is 2. The number of carbonyl (C=O) groups excluding carboxylic acids is 1. The molecule has 0 spiro atoms. The molecule has 2 aromatic rings. The average Bonchev–Trinajstić information content (AvgIpc) is 2.70.